The first-order valence-corrected chi connectivity index (χ1v) is 8.70. The Balaban J connectivity index is 1.52. The second-order valence-corrected chi connectivity index (χ2v) is 6.73. The van der Waals surface area contributed by atoms with Crippen molar-refractivity contribution in [2.45, 2.75) is 44.6 Å². The van der Waals surface area contributed by atoms with Gasteiger partial charge in [0.2, 0.25) is 0 Å². The van der Waals surface area contributed by atoms with Gasteiger partial charge in [0.15, 0.2) is 5.58 Å². The first-order chi connectivity index (χ1) is 10.9. The highest BCUT2D eigenvalue weighted by Gasteiger charge is 2.18. The van der Waals surface area contributed by atoms with E-state index >= 15 is 0 Å². The van der Waals surface area contributed by atoms with Gasteiger partial charge in [-0.15, -0.1) is 0 Å². The summed E-state index contributed by atoms with van der Waals surface area (Å²) in [5.41, 5.74) is 3.31. The number of nitrogens with zero attached hydrogens (tertiary/aromatic N) is 2. The van der Waals surface area contributed by atoms with E-state index < -0.39 is 0 Å². The maximum Gasteiger partial charge on any atom is 0.153 e. The molecule has 1 N–H and O–H groups in total. The Morgan fingerprint density at radius 1 is 1.14 bits per heavy atom. The normalized spacial score (nSPS) is 21.5. The molecular weight excluding hydrogens is 274 g/mol. The van der Waals surface area contributed by atoms with E-state index in [2.05, 4.69) is 33.5 Å². The Bertz CT molecular complexity index is 624. The van der Waals surface area contributed by atoms with Crippen LogP contribution in [0.4, 0.5) is 0 Å². The molecule has 4 rings (SSSR count). The number of rotatable bonds is 3. The number of aromatic nitrogens is 1. The van der Waals surface area contributed by atoms with Crippen LogP contribution in [0.1, 0.15) is 49.3 Å². The highest BCUT2D eigenvalue weighted by Crippen LogP contribution is 2.28. The Hall–Kier alpha value is -1.39. The van der Waals surface area contributed by atoms with Crippen molar-refractivity contribution in [2.24, 2.45) is 0 Å². The number of nitrogens with one attached hydrogen (secondary N) is 1. The zero-order chi connectivity index (χ0) is 14.8. The standard InChI is InChI=1S/C18H25N3O/c1-2-8-21(9-3-1)13-16-11-17-18(22-16)10-15(12-20-17)14-4-6-19-7-5-14/h10-12,14,19H,1-9,13H2. The summed E-state index contributed by atoms with van der Waals surface area (Å²) >= 11 is 0. The van der Waals surface area contributed by atoms with Gasteiger partial charge >= 0.3 is 0 Å². The zero-order valence-corrected chi connectivity index (χ0v) is 13.2. The molecule has 2 aromatic heterocycles. The van der Waals surface area contributed by atoms with Gasteiger partial charge in [0.05, 0.1) is 6.54 Å². The Kier molecular flexibility index (Phi) is 4.13. The Morgan fingerprint density at radius 3 is 2.77 bits per heavy atom. The van der Waals surface area contributed by atoms with E-state index in [-0.39, 0.29) is 0 Å². The van der Waals surface area contributed by atoms with Crippen LogP contribution in [0.2, 0.25) is 0 Å². The lowest BCUT2D eigenvalue weighted by atomic mass is 9.91. The first kappa shape index (κ1) is 14.2. The molecule has 0 radical (unpaired) electrons. The second-order valence-electron chi connectivity index (χ2n) is 6.73. The van der Waals surface area contributed by atoms with Gasteiger partial charge in [-0.1, -0.05) is 6.42 Å². The summed E-state index contributed by atoms with van der Waals surface area (Å²) in [6.07, 6.45) is 8.47. The van der Waals surface area contributed by atoms with Crippen molar-refractivity contribution < 1.29 is 4.42 Å². The summed E-state index contributed by atoms with van der Waals surface area (Å²) in [6, 6.07) is 4.34. The first-order valence-electron chi connectivity index (χ1n) is 8.70. The monoisotopic (exact) mass is 299 g/mol. The fourth-order valence-electron chi connectivity index (χ4n) is 3.78. The maximum atomic E-state index is 6.08. The van der Waals surface area contributed by atoms with Gasteiger partial charge in [-0.3, -0.25) is 9.88 Å². The maximum absolute atomic E-state index is 6.08. The summed E-state index contributed by atoms with van der Waals surface area (Å²) in [7, 11) is 0. The molecule has 0 bridgehead atoms. The molecule has 0 amide bonds. The fourth-order valence-corrected chi connectivity index (χ4v) is 3.78. The third-order valence-electron chi connectivity index (χ3n) is 5.08. The molecule has 0 saturated carbocycles. The van der Waals surface area contributed by atoms with Crippen molar-refractivity contribution in [1.82, 2.24) is 15.2 Å². The fraction of sp³-hybridized carbons (Fsp3) is 0.611. The van der Waals surface area contributed by atoms with Crippen molar-refractivity contribution in [2.75, 3.05) is 26.2 Å². The van der Waals surface area contributed by atoms with Crippen LogP contribution < -0.4 is 5.32 Å². The summed E-state index contributed by atoms with van der Waals surface area (Å²) in [5, 5.41) is 3.42. The van der Waals surface area contributed by atoms with Gasteiger partial charge in [-0.05, 0) is 69.4 Å². The molecule has 4 heterocycles. The molecule has 22 heavy (non-hydrogen) atoms. The average Bonchev–Trinajstić information content (AvgIpc) is 2.98. The summed E-state index contributed by atoms with van der Waals surface area (Å²) < 4.78 is 6.08. The predicted octanol–water partition coefficient (Wildman–Crippen LogP) is 3.28. The predicted molar refractivity (Wildman–Crippen MR) is 88.0 cm³/mol. The highest BCUT2D eigenvalue weighted by atomic mass is 16.3. The number of piperidine rings is 2. The van der Waals surface area contributed by atoms with Crippen molar-refractivity contribution in [1.29, 1.82) is 0 Å². The Labute approximate surface area is 131 Å². The van der Waals surface area contributed by atoms with E-state index in [1.54, 1.807) is 0 Å². The zero-order valence-electron chi connectivity index (χ0n) is 13.2. The molecular formula is C18H25N3O. The number of fused-ring (bicyclic) bond motifs is 1. The quantitative estimate of drug-likeness (QED) is 0.944. The number of pyridine rings is 1. The van der Waals surface area contributed by atoms with E-state index in [4.69, 9.17) is 4.42 Å². The highest BCUT2D eigenvalue weighted by molar-refractivity contribution is 5.73. The van der Waals surface area contributed by atoms with E-state index in [1.165, 1.54) is 50.8 Å². The van der Waals surface area contributed by atoms with Crippen LogP contribution >= 0.6 is 0 Å². The van der Waals surface area contributed by atoms with Crippen molar-refractivity contribution >= 4 is 11.1 Å². The minimum Gasteiger partial charge on any atom is -0.458 e. The van der Waals surface area contributed by atoms with E-state index in [1.807, 2.05) is 0 Å². The number of hydrogen-bond acceptors (Lipinski definition) is 4. The van der Waals surface area contributed by atoms with Gasteiger partial charge in [0, 0.05) is 12.3 Å². The minimum atomic E-state index is 0.633. The van der Waals surface area contributed by atoms with Gasteiger partial charge < -0.3 is 9.73 Å². The molecule has 2 aromatic rings. The molecule has 0 aliphatic carbocycles. The molecule has 118 valence electrons. The number of furan rings is 1. The molecule has 2 aliphatic rings. The SMILES string of the molecule is c1nc2cc(CN3CCCCC3)oc2cc1C1CCNCC1. The van der Waals surface area contributed by atoms with Crippen LogP contribution in [0.5, 0.6) is 0 Å². The Morgan fingerprint density at radius 2 is 1.95 bits per heavy atom. The van der Waals surface area contributed by atoms with Crippen LogP contribution in [0.15, 0.2) is 22.7 Å². The molecule has 4 nitrogen and oxygen atoms in total. The number of hydrogen-bond donors (Lipinski definition) is 1. The van der Waals surface area contributed by atoms with Gasteiger partial charge in [-0.25, -0.2) is 0 Å². The topological polar surface area (TPSA) is 41.3 Å². The third-order valence-corrected chi connectivity index (χ3v) is 5.08. The summed E-state index contributed by atoms with van der Waals surface area (Å²) in [5.74, 6) is 1.70. The number of likely N-dealkylation sites (tertiary alicyclic amines) is 1. The van der Waals surface area contributed by atoms with Crippen LogP contribution in [-0.2, 0) is 6.54 Å². The lowest BCUT2D eigenvalue weighted by Gasteiger charge is -2.25. The molecule has 4 heteroatoms. The molecule has 0 atom stereocenters. The van der Waals surface area contributed by atoms with Crippen LogP contribution in [-0.4, -0.2) is 36.1 Å². The molecule has 2 aliphatic heterocycles. The van der Waals surface area contributed by atoms with E-state index in [0.717, 1.165) is 36.5 Å². The van der Waals surface area contributed by atoms with E-state index in [0.29, 0.717) is 5.92 Å². The van der Waals surface area contributed by atoms with Crippen molar-refractivity contribution in [3.05, 3.63) is 29.7 Å². The third kappa shape index (κ3) is 3.03. The van der Waals surface area contributed by atoms with Gasteiger partial charge in [0.25, 0.3) is 0 Å². The average molecular weight is 299 g/mol. The van der Waals surface area contributed by atoms with Crippen LogP contribution in [0, 0.1) is 0 Å². The molecule has 0 spiro atoms. The van der Waals surface area contributed by atoms with E-state index in [9.17, 15) is 0 Å². The molecule has 2 saturated heterocycles. The summed E-state index contributed by atoms with van der Waals surface area (Å²) in [6.45, 7) is 5.55. The lowest BCUT2D eigenvalue weighted by molar-refractivity contribution is 0.207. The van der Waals surface area contributed by atoms with Crippen LogP contribution in [0.3, 0.4) is 0 Å². The molecule has 0 aromatic carbocycles. The molecule has 0 unspecified atom stereocenters. The van der Waals surface area contributed by atoms with Gasteiger partial charge in [-0.2, -0.15) is 0 Å². The minimum absolute atomic E-state index is 0.633. The smallest absolute Gasteiger partial charge is 0.153 e. The van der Waals surface area contributed by atoms with Gasteiger partial charge in [0.1, 0.15) is 11.3 Å². The van der Waals surface area contributed by atoms with Crippen molar-refractivity contribution in [3.63, 3.8) is 0 Å². The largest absolute Gasteiger partial charge is 0.458 e. The molecule has 2 fully saturated rings. The second kappa shape index (κ2) is 6.39. The van der Waals surface area contributed by atoms with Crippen LogP contribution in [0.25, 0.3) is 11.1 Å². The van der Waals surface area contributed by atoms with Crippen molar-refractivity contribution in [3.8, 4) is 0 Å². The summed E-state index contributed by atoms with van der Waals surface area (Å²) in [4.78, 5) is 7.13. The lowest BCUT2D eigenvalue weighted by Crippen LogP contribution is -2.28.